The first-order valence-corrected chi connectivity index (χ1v) is 6.44. The molecule has 1 aromatic rings. The van der Waals surface area contributed by atoms with Crippen LogP contribution in [0.5, 0.6) is 0 Å². The van der Waals surface area contributed by atoms with E-state index in [-0.39, 0.29) is 11.1 Å². The van der Waals surface area contributed by atoms with E-state index in [9.17, 15) is 9.59 Å². The lowest BCUT2D eigenvalue weighted by Gasteiger charge is -2.22. The Balaban J connectivity index is 2.54. The first-order valence-electron chi connectivity index (χ1n) is 6.44. The summed E-state index contributed by atoms with van der Waals surface area (Å²) in [5.74, 6) is 4.59. The van der Waals surface area contributed by atoms with Crippen LogP contribution in [0.2, 0.25) is 0 Å². The molecule has 0 spiro atoms. The molecule has 1 amide bonds. The van der Waals surface area contributed by atoms with Gasteiger partial charge in [0.1, 0.15) is 5.56 Å². The number of carbonyl (C=O) groups is 1. The van der Waals surface area contributed by atoms with Crippen LogP contribution in [0.1, 0.15) is 34.5 Å². The predicted octanol–water partition coefficient (Wildman–Crippen LogP) is -0.0230. The normalized spacial score (nSPS) is 14.0. The van der Waals surface area contributed by atoms with Gasteiger partial charge in [-0.3, -0.25) is 15.0 Å². The third-order valence-electron chi connectivity index (χ3n) is 3.50. The van der Waals surface area contributed by atoms with Crippen molar-refractivity contribution in [2.45, 2.75) is 32.2 Å². The van der Waals surface area contributed by atoms with Gasteiger partial charge in [-0.2, -0.15) is 0 Å². The number of amides is 1. The van der Waals surface area contributed by atoms with Gasteiger partial charge in [0.2, 0.25) is 0 Å². The highest BCUT2D eigenvalue weighted by Crippen LogP contribution is 2.20. The molecule has 0 bridgehead atoms. The van der Waals surface area contributed by atoms with Crippen LogP contribution >= 0.6 is 0 Å². The molecule has 1 aromatic heterocycles. The average molecular weight is 265 g/mol. The summed E-state index contributed by atoms with van der Waals surface area (Å²) in [6.07, 6.45) is 3.92. The fraction of sp³-hybridized carbons (Fsp3) is 0.538. The average Bonchev–Trinajstić information content (AvgIpc) is 2.45. The molecule has 104 valence electrons. The first kappa shape index (κ1) is 13.8. The summed E-state index contributed by atoms with van der Waals surface area (Å²) in [5, 5.41) is 0. The minimum absolute atomic E-state index is 0.110. The molecule has 0 atom stereocenters. The second kappa shape index (κ2) is 5.99. The summed E-state index contributed by atoms with van der Waals surface area (Å²) >= 11 is 0. The molecule has 19 heavy (non-hydrogen) atoms. The van der Waals surface area contributed by atoms with Crippen molar-refractivity contribution in [2.24, 2.45) is 5.84 Å². The third-order valence-corrected chi connectivity index (χ3v) is 3.50. The quantitative estimate of drug-likeness (QED) is 0.455. The fourth-order valence-corrected chi connectivity index (χ4v) is 2.54. The number of hydrogen-bond donors (Lipinski definition) is 2. The Bertz CT molecular complexity index is 537. The number of pyridine rings is 1. The first-order chi connectivity index (χ1) is 9.19. The summed E-state index contributed by atoms with van der Waals surface area (Å²) in [7, 11) is 1.59. The topological polar surface area (TPSA) is 86.3 Å². The van der Waals surface area contributed by atoms with E-state index >= 15 is 0 Å². The SMILES string of the molecule is COCCn1c2c(cc(C(=O)NN)c1=O)CCCC2. The van der Waals surface area contributed by atoms with Gasteiger partial charge in [0, 0.05) is 19.3 Å². The predicted molar refractivity (Wildman–Crippen MR) is 70.9 cm³/mol. The van der Waals surface area contributed by atoms with Gasteiger partial charge in [-0.15, -0.1) is 0 Å². The Morgan fingerprint density at radius 1 is 1.47 bits per heavy atom. The van der Waals surface area contributed by atoms with Crippen molar-refractivity contribution in [2.75, 3.05) is 13.7 Å². The Kier molecular flexibility index (Phi) is 4.34. The highest BCUT2D eigenvalue weighted by atomic mass is 16.5. The second-order valence-electron chi connectivity index (χ2n) is 4.66. The molecule has 0 fully saturated rings. The maximum atomic E-state index is 12.3. The van der Waals surface area contributed by atoms with E-state index in [1.165, 1.54) is 0 Å². The molecule has 1 aliphatic rings. The molecule has 0 saturated heterocycles. The van der Waals surface area contributed by atoms with E-state index < -0.39 is 5.91 Å². The largest absolute Gasteiger partial charge is 0.383 e. The van der Waals surface area contributed by atoms with Gasteiger partial charge >= 0.3 is 0 Å². The summed E-state index contributed by atoms with van der Waals surface area (Å²) in [6, 6.07) is 1.68. The van der Waals surface area contributed by atoms with Crippen molar-refractivity contribution >= 4 is 5.91 Å². The fourth-order valence-electron chi connectivity index (χ4n) is 2.54. The number of aromatic nitrogens is 1. The number of carbonyl (C=O) groups excluding carboxylic acids is 1. The number of aryl methyl sites for hydroxylation is 1. The number of nitrogen functional groups attached to an aromatic ring is 1. The van der Waals surface area contributed by atoms with Crippen molar-refractivity contribution in [3.8, 4) is 0 Å². The summed E-state index contributed by atoms with van der Waals surface area (Å²) in [5.41, 5.74) is 3.95. The molecule has 6 nitrogen and oxygen atoms in total. The van der Waals surface area contributed by atoms with Crippen LogP contribution in [0.25, 0.3) is 0 Å². The molecule has 2 rings (SSSR count). The molecule has 6 heteroatoms. The van der Waals surface area contributed by atoms with Crippen LogP contribution in [-0.2, 0) is 24.1 Å². The Morgan fingerprint density at radius 3 is 2.89 bits per heavy atom. The van der Waals surface area contributed by atoms with E-state index in [4.69, 9.17) is 10.6 Å². The molecule has 3 N–H and O–H groups in total. The van der Waals surface area contributed by atoms with Gasteiger partial charge in [0.25, 0.3) is 11.5 Å². The summed E-state index contributed by atoms with van der Waals surface area (Å²) < 4.78 is 6.69. The summed E-state index contributed by atoms with van der Waals surface area (Å²) in [6.45, 7) is 0.906. The lowest BCUT2D eigenvalue weighted by Crippen LogP contribution is -2.39. The Morgan fingerprint density at radius 2 is 2.21 bits per heavy atom. The second-order valence-corrected chi connectivity index (χ2v) is 4.66. The van der Waals surface area contributed by atoms with Crippen LogP contribution in [0.15, 0.2) is 10.9 Å². The van der Waals surface area contributed by atoms with Gasteiger partial charge in [0.05, 0.1) is 6.61 Å². The van der Waals surface area contributed by atoms with Crippen molar-refractivity contribution < 1.29 is 9.53 Å². The van der Waals surface area contributed by atoms with E-state index in [1.54, 1.807) is 17.7 Å². The highest BCUT2D eigenvalue weighted by Gasteiger charge is 2.20. The molecule has 0 aromatic carbocycles. The Hall–Kier alpha value is -1.66. The number of fused-ring (bicyclic) bond motifs is 1. The molecule has 0 aliphatic heterocycles. The molecule has 0 saturated carbocycles. The van der Waals surface area contributed by atoms with Crippen LogP contribution < -0.4 is 16.8 Å². The third kappa shape index (κ3) is 2.69. The number of nitrogens with zero attached hydrogens (tertiary/aromatic N) is 1. The molecule has 1 heterocycles. The van der Waals surface area contributed by atoms with Gasteiger partial charge in [-0.05, 0) is 37.3 Å². The number of rotatable bonds is 4. The van der Waals surface area contributed by atoms with Crippen molar-refractivity contribution in [1.82, 2.24) is 9.99 Å². The van der Waals surface area contributed by atoms with Crippen LogP contribution in [0.3, 0.4) is 0 Å². The molecule has 0 unspecified atom stereocenters. The number of methoxy groups -OCH3 is 1. The van der Waals surface area contributed by atoms with Crippen molar-refractivity contribution in [1.29, 1.82) is 0 Å². The molecular formula is C13H19N3O3. The standard InChI is InChI=1S/C13H19N3O3/c1-19-7-6-16-11-5-3-2-4-9(11)8-10(13(16)18)12(17)15-14/h8H,2-7,14H2,1H3,(H,15,17). The maximum Gasteiger partial charge on any atom is 0.270 e. The van der Waals surface area contributed by atoms with E-state index in [0.29, 0.717) is 13.2 Å². The lowest BCUT2D eigenvalue weighted by molar-refractivity contribution is 0.0950. The zero-order valence-electron chi connectivity index (χ0n) is 11.1. The highest BCUT2D eigenvalue weighted by molar-refractivity contribution is 5.93. The van der Waals surface area contributed by atoms with Crippen LogP contribution in [0, 0.1) is 0 Å². The van der Waals surface area contributed by atoms with Gasteiger partial charge < -0.3 is 9.30 Å². The maximum absolute atomic E-state index is 12.3. The summed E-state index contributed by atoms with van der Waals surface area (Å²) in [4.78, 5) is 24.0. The lowest BCUT2D eigenvalue weighted by atomic mass is 9.94. The molecular weight excluding hydrogens is 246 g/mol. The van der Waals surface area contributed by atoms with Crippen molar-refractivity contribution in [3.63, 3.8) is 0 Å². The Labute approximate surface area is 111 Å². The number of hydrogen-bond acceptors (Lipinski definition) is 4. The monoisotopic (exact) mass is 265 g/mol. The number of nitrogens with two attached hydrogens (primary N) is 1. The van der Waals surface area contributed by atoms with E-state index in [2.05, 4.69) is 0 Å². The van der Waals surface area contributed by atoms with Crippen LogP contribution in [-0.4, -0.2) is 24.2 Å². The zero-order chi connectivity index (χ0) is 13.8. The number of ether oxygens (including phenoxy) is 1. The van der Waals surface area contributed by atoms with E-state index in [1.807, 2.05) is 5.43 Å². The zero-order valence-corrected chi connectivity index (χ0v) is 11.1. The molecule has 1 aliphatic carbocycles. The smallest absolute Gasteiger partial charge is 0.270 e. The van der Waals surface area contributed by atoms with Gasteiger partial charge in [-0.25, -0.2) is 5.84 Å². The minimum atomic E-state index is -0.537. The van der Waals surface area contributed by atoms with Gasteiger partial charge in [0.15, 0.2) is 0 Å². The van der Waals surface area contributed by atoms with Gasteiger partial charge in [-0.1, -0.05) is 0 Å². The van der Waals surface area contributed by atoms with Crippen molar-refractivity contribution in [3.05, 3.63) is 33.2 Å². The molecule has 0 radical (unpaired) electrons. The van der Waals surface area contributed by atoms with Crippen LogP contribution in [0.4, 0.5) is 0 Å². The number of hydrazine groups is 1. The van der Waals surface area contributed by atoms with E-state index in [0.717, 1.165) is 36.9 Å². The number of nitrogens with one attached hydrogen (secondary N) is 1. The minimum Gasteiger partial charge on any atom is -0.383 e.